The van der Waals surface area contributed by atoms with Gasteiger partial charge in [-0.05, 0) is 0 Å². The van der Waals surface area contributed by atoms with Crippen LogP contribution in [0.3, 0.4) is 0 Å². The molecule has 0 atom stereocenters. The maximum Gasteiger partial charge on any atom is 0.450 e. The molecule has 3 heterocycles. The summed E-state index contributed by atoms with van der Waals surface area (Å²) in [5.41, 5.74) is 1.46. The Morgan fingerprint density at radius 3 is 2.79 bits per heavy atom. The first kappa shape index (κ1) is 12.2. The van der Waals surface area contributed by atoms with Gasteiger partial charge in [-0.15, -0.1) is 0 Å². The van der Waals surface area contributed by atoms with Crippen LogP contribution < -0.4 is 5.32 Å². The third kappa shape index (κ3) is 2.01. The summed E-state index contributed by atoms with van der Waals surface area (Å²) in [6.45, 7) is 1.02. The van der Waals surface area contributed by atoms with Crippen LogP contribution in [0.4, 0.5) is 13.2 Å². The van der Waals surface area contributed by atoms with E-state index < -0.39 is 12.0 Å². The Morgan fingerprint density at radius 2 is 2.16 bits per heavy atom. The quantitative estimate of drug-likeness (QED) is 0.849. The lowest BCUT2D eigenvalue weighted by Gasteiger charge is -2.15. The van der Waals surface area contributed by atoms with E-state index >= 15 is 0 Å². The van der Waals surface area contributed by atoms with Gasteiger partial charge >= 0.3 is 6.18 Å². The summed E-state index contributed by atoms with van der Waals surface area (Å²) in [5.74, 6) is -0.880. The minimum absolute atomic E-state index is 0.367. The van der Waals surface area contributed by atoms with Gasteiger partial charge in [0.25, 0.3) is 0 Å². The molecule has 2 aromatic rings. The van der Waals surface area contributed by atoms with Crippen molar-refractivity contribution in [2.24, 2.45) is 7.05 Å². The molecule has 2 aromatic heterocycles. The monoisotopic (exact) mass is 271 g/mol. The molecule has 1 aliphatic rings. The predicted molar refractivity (Wildman–Crippen MR) is 60.7 cm³/mol. The molecule has 0 aliphatic carbocycles. The van der Waals surface area contributed by atoms with E-state index in [-0.39, 0.29) is 0 Å². The smallest absolute Gasteiger partial charge is 0.311 e. The van der Waals surface area contributed by atoms with Crippen LogP contribution in [0.15, 0.2) is 12.4 Å². The van der Waals surface area contributed by atoms with Gasteiger partial charge in [-0.1, -0.05) is 0 Å². The summed E-state index contributed by atoms with van der Waals surface area (Å²) < 4.78 is 41.9. The van der Waals surface area contributed by atoms with Crippen molar-refractivity contribution < 1.29 is 13.2 Å². The van der Waals surface area contributed by atoms with Gasteiger partial charge in [-0.25, -0.2) is 4.98 Å². The molecule has 0 fully saturated rings. The van der Waals surface area contributed by atoms with E-state index in [2.05, 4.69) is 15.4 Å². The number of fused-ring (bicyclic) bond motifs is 1. The van der Waals surface area contributed by atoms with Crippen LogP contribution in [0.5, 0.6) is 0 Å². The first-order valence-electron chi connectivity index (χ1n) is 5.84. The van der Waals surface area contributed by atoms with Gasteiger partial charge in [0, 0.05) is 38.4 Å². The molecule has 0 radical (unpaired) electrons. The number of hydrogen-bond acceptors (Lipinski definition) is 3. The molecule has 5 nitrogen and oxygen atoms in total. The molecule has 0 saturated carbocycles. The van der Waals surface area contributed by atoms with E-state index in [1.165, 1.54) is 15.4 Å². The molecule has 0 saturated heterocycles. The molecule has 102 valence electrons. The number of hydrogen-bond donors (Lipinski definition) is 1. The van der Waals surface area contributed by atoms with Gasteiger partial charge in [-0.3, -0.25) is 9.25 Å². The molecule has 0 unspecified atom stereocenters. The van der Waals surface area contributed by atoms with Crippen molar-refractivity contribution in [1.82, 2.24) is 24.6 Å². The number of nitrogens with zero attached hydrogens (tertiary/aromatic N) is 4. The highest BCUT2D eigenvalue weighted by molar-refractivity contribution is 5.36. The molecule has 0 spiro atoms. The molecular formula is C11H12F3N5. The third-order valence-corrected chi connectivity index (χ3v) is 3.09. The molecular weight excluding hydrogens is 259 g/mol. The van der Waals surface area contributed by atoms with Crippen molar-refractivity contribution in [3.63, 3.8) is 0 Å². The SMILES string of the molecule is Cn1cc(-n2c(C(F)(F)F)nc3c2CCNC3)cn1. The fourth-order valence-electron chi connectivity index (χ4n) is 2.30. The first-order chi connectivity index (χ1) is 8.97. The Hall–Kier alpha value is -1.83. The van der Waals surface area contributed by atoms with Gasteiger partial charge in [0.05, 0.1) is 17.6 Å². The topological polar surface area (TPSA) is 47.7 Å². The van der Waals surface area contributed by atoms with Gasteiger partial charge in [0.2, 0.25) is 5.82 Å². The van der Waals surface area contributed by atoms with Crippen molar-refractivity contribution in [1.29, 1.82) is 0 Å². The van der Waals surface area contributed by atoms with E-state index in [4.69, 9.17) is 0 Å². The summed E-state index contributed by atoms with van der Waals surface area (Å²) in [4.78, 5) is 3.75. The third-order valence-electron chi connectivity index (χ3n) is 3.09. The standard InChI is InChI=1S/C11H12F3N5/c1-18-6-7(4-16-18)19-9-2-3-15-5-8(9)17-10(19)11(12,13)14/h4,6,15H,2-3,5H2,1H3. The van der Waals surface area contributed by atoms with Crippen molar-refractivity contribution in [2.45, 2.75) is 19.1 Å². The summed E-state index contributed by atoms with van der Waals surface area (Å²) in [7, 11) is 1.67. The number of alkyl halides is 3. The average molecular weight is 271 g/mol. The number of rotatable bonds is 1. The van der Waals surface area contributed by atoms with Crippen LogP contribution in [0.25, 0.3) is 5.69 Å². The largest absolute Gasteiger partial charge is 0.450 e. The van der Waals surface area contributed by atoms with Crippen molar-refractivity contribution in [2.75, 3.05) is 6.54 Å². The van der Waals surface area contributed by atoms with E-state index in [9.17, 15) is 13.2 Å². The maximum absolute atomic E-state index is 13.1. The minimum Gasteiger partial charge on any atom is -0.311 e. The molecule has 8 heteroatoms. The van der Waals surface area contributed by atoms with E-state index in [0.29, 0.717) is 36.6 Å². The van der Waals surface area contributed by atoms with E-state index in [1.54, 1.807) is 13.2 Å². The van der Waals surface area contributed by atoms with Crippen molar-refractivity contribution >= 4 is 0 Å². The van der Waals surface area contributed by atoms with Crippen molar-refractivity contribution in [3.05, 3.63) is 29.6 Å². The van der Waals surface area contributed by atoms with Crippen LogP contribution in [0.2, 0.25) is 0 Å². The second kappa shape index (κ2) is 4.09. The summed E-state index contributed by atoms with van der Waals surface area (Å²) in [6, 6.07) is 0. The zero-order chi connectivity index (χ0) is 13.6. The molecule has 1 N–H and O–H groups in total. The maximum atomic E-state index is 13.1. The Bertz CT molecular complexity index is 610. The Kier molecular flexibility index (Phi) is 2.63. The second-order valence-electron chi connectivity index (χ2n) is 4.46. The van der Waals surface area contributed by atoms with Gasteiger partial charge in [-0.2, -0.15) is 18.3 Å². The highest BCUT2D eigenvalue weighted by Crippen LogP contribution is 2.33. The normalized spacial score (nSPS) is 15.6. The van der Waals surface area contributed by atoms with Crippen LogP contribution in [-0.4, -0.2) is 25.9 Å². The lowest BCUT2D eigenvalue weighted by molar-refractivity contribution is -0.146. The zero-order valence-corrected chi connectivity index (χ0v) is 10.2. The molecule has 1 aliphatic heterocycles. The minimum atomic E-state index is -4.48. The molecule has 19 heavy (non-hydrogen) atoms. The molecule has 0 bridgehead atoms. The lowest BCUT2D eigenvalue weighted by Crippen LogP contribution is -2.24. The number of aryl methyl sites for hydroxylation is 1. The number of halogens is 3. The molecule has 0 aromatic carbocycles. The summed E-state index contributed by atoms with van der Waals surface area (Å²) >= 11 is 0. The number of imidazole rings is 1. The summed E-state index contributed by atoms with van der Waals surface area (Å²) in [6.07, 6.45) is -0.987. The Morgan fingerprint density at radius 1 is 1.37 bits per heavy atom. The fourth-order valence-corrected chi connectivity index (χ4v) is 2.30. The van der Waals surface area contributed by atoms with Crippen LogP contribution in [0.1, 0.15) is 17.2 Å². The first-order valence-corrected chi connectivity index (χ1v) is 5.84. The van der Waals surface area contributed by atoms with Gasteiger partial charge < -0.3 is 5.32 Å². The van der Waals surface area contributed by atoms with E-state index in [1.807, 2.05) is 0 Å². The average Bonchev–Trinajstić information content (AvgIpc) is 2.91. The highest BCUT2D eigenvalue weighted by atomic mass is 19.4. The summed E-state index contributed by atoms with van der Waals surface area (Å²) in [5, 5.41) is 6.96. The lowest BCUT2D eigenvalue weighted by atomic mass is 10.2. The second-order valence-corrected chi connectivity index (χ2v) is 4.46. The fraction of sp³-hybridized carbons (Fsp3) is 0.455. The van der Waals surface area contributed by atoms with E-state index in [0.717, 1.165) is 0 Å². The van der Waals surface area contributed by atoms with Crippen LogP contribution >= 0.6 is 0 Å². The van der Waals surface area contributed by atoms with Gasteiger partial charge in [0.15, 0.2) is 0 Å². The van der Waals surface area contributed by atoms with Crippen LogP contribution in [-0.2, 0) is 26.2 Å². The number of nitrogens with one attached hydrogen (secondary N) is 1. The predicted octanol–water partition coefficient (Wildman–Crippen LogP) is 1.27. The number of aromatic nitrogens is 4. The zero-order valence-electron chi connectivity index (χ0n) is 10.2. The highest BCUT2D eigenvalue weighted by Gasteiger charge is 2.39. The molecule has 3 rings (SSSR count). The van der Waals surface area contributed by atoms with Crippen molar-refractivity contribution in [3.8, 4) is 5.69 Å². The Balaban J connectivity index is 2.22. The van der Waals surface area contributed by atoms with Gasteiger partial charge in [0.1, 0.15) is 0 Å². The Labute approximate surface area is 107 Å². The van der Waals surface area contributed by atoms with Crippen LogP contribution in [0, 0.1) is 0 Å². The molecule has 0 amide bonds.